The summed E-state index contributed by atoms with van der Waals surface area (Å²) in [5, 5.41) is 19.8. The molecule has 0 aliphatic carbocycles. The molecule has 8 nitrogen and oxygen atoms in total. The third-order valence-electron chi connectivity index (χ3n) is 5.73. The molecule has 1 aromatic rings. The minimum Gasteiger partial charge on any atom is -0.480 e. The number of likely N-dealkylation sites (tertiary alicyclic amines) is 1. The number of benzene rings is 1. The summed E-state index contributed by atoms with van der Waals surface area (Å²) in [5.74, 6) is -3.50. The van der Waals surface area contributed by atoms with Crippen molar-refractivity contribution in [2.45, 2.75) is 62.3 Å². The molecule has 0 radical (unpaired) electrons. The molecular formula is C21H30FN3O5. The first-order chi connectivity index (χ1) is 14.2. The van der Waals surface area contributed by atoms with Crippen molar-refractivity contribution in [2.75, 3.05) is 13.1 Å². The van der Waals surface area contributed by atoms with Crippen molar-refractivity contribution >= 4 is 17.7 Å². The van der Waals surface area contributed by atoms with Gasteiger partial charge in [-0.2, -0.15) is 0 Å². The van der Waals surface area contributed by atoms with Gasteiger partial charge >= 0.3 is 11.9 Å². The molecule has 1 aliphatic heterocycles. The Balaban J connectivity index is 2.27. The van der Waals surface area contributed by atoms with Crippen LogP contribution in [0.2, 0.25) is 0 Å². The molecule has 1 heterocycles. The van der Waals surface area contributed by atoms with Crippen LogP contribution in [0.5, 0.6) is 0 Å². The highest BCUT2D eigenvalue weighted by Crippen LogP contribution is 2.35. The summed E-state index contributed by atoms with van der Waals surface area (Å²) < 4.78 is 14.0. The number of hydrogen-bond donors (Lipinski definition) is 4. The molecule has 1 fully saturated rings. The molecule has 1 aromatic carbocycles. The second kappa shape index (κ2) is 10.6. The summed E-state index contributed by atoms with van der Waals surface area (Å²) in [6.07, 6.45) is -0.939. The lowest BCUT2D eigenvalue weighted by atomic mass is 9.83. The number of hydrogen-bond acceptors (Lipinski definition) is 6. The van der Waals surface area contributed by atoms with Crippen molar-refractivity contribution in [2.24, 2.45) is 11.5 Å². The Labute approximate surface area is 175 Å². The van der Waals surface area contributed by atoms with Gasteiger partial charge in [0.2, 0.25) is 0 Å². The number of carboxylic acid groups (broad SMARTS) is 2. The zero-order chi connectivity index (χ0) is 22.3. The topological polar surface area (TPSA) is 147 Å². The molecule has 30 heavy (non-hydrogen) atoms. The van der Waals surface area contributed by atoms with E-state index in [1.165, 1.54) is 4.90 Å². The average Bonchev–Trinajstić information content (AvgIpc) is 3.14. The van der Waals surface area contributed by atoms with Crippen LogP contribution in [0.1, 0.15) is 37.7 Å². The second-order valence-electron chi connectivity index (χ2n) is 7.72. The zero-order valence-corrected chi connectivity index (χ0v) is 16.9. The van der Waals surface area contributed by atoms with Crippen LogP contribution in [0, 0.1) is 0 Å². The number of aliphatic carboxylic acids is 2. The van der Waals surface area contributed by atoms with E-state index in [0.717, 1.165) is 5.56 Å². The number of rotatable bonds is 12. The number of carboxylic acids is 2. The fourth-order valence-corrected chi connectivity index (χ4v) is 4.21. The van der Waals surface area contributed by atoms with Crippen molar-refractivity contribution in [3.05, 3.63) is 35.9 Å². The van der Waals surface area contributed by atoms with Crippen LogP contribution >= 0.6 is 0 Å². The van der Waals surface area contributed by atoms with Gasteiger partial charge in [0.15, 0.2) is 11.3 Å². The number of carbonyl (C=O) groups is 3. The standard InChI is InChI=1S/C21H30FN3O5/c22-15(9-11-23)13-16(24)18(26)21(20(29)30)10-4-12-25(21)17(19(27)28)8-7-14-5-2-1-3-6-14/h1-3,5-6,15-17H,4,7-13,23-24H2,(H,27,28)(H,29,30)/t15?,16-,17-,21+/m0/s1. The molecule has 166 valence electrons. The smallest absolute Gasteiger partial charge is 0.332 e. The highest BCUT2D eigenvalue weighted by molar-refractivity contribution is 6.10. The molecular weight excluding hydrogens is 393 g/mol. The maximum Gasteiger partial charge on any atom is 0.332 e. The predicted octanol–water partition coefficient (Wildman–Crippen LogP) is 0.965. The van der Waals surface area contributed by atoms with Gasteiger partial charge in [-0.3, -0.25) is 14.5 Å². The van der Waals surface area contributed by atoms with Crippen LogP contribution in [0.4, 0.5) is 4.39 Å². The first kappa shape index (κ1) is 23.9. The van der Waals surface area contributed by atoms with Gasteiger partial charge in [0.1, 0.15) is 12.2 Å². The minimum atomic E-state index is -2.07. The molecule has 2 rings (SSSR count). The van der Waals surface area contributed by atoms with Crippen LogP contribution in [0.25, 0.3) is 0 Å². The number of halogens is 1. The van der Waals surface area contributed by atoms with E-state index in [1.807, 2.05) is 30.3 Å². The molecule has 0 saturated carbocycles. The molecule has 0 bridgehead atoms. The fraction of sp³-hybridized carbons (Fsp3) is 0.571. The van der Waals surface area contributed by atoms with Gasteiger partial charge in [0.25, 0.3) is 0 Å². The quantitative estimate of drug-likeness (QED) is 0.364. The molecule has 1 saturated heterocycles. The SMILES string of the molecule is NCCC(F)C[C@H](N)C(=O)[C@@]1(C(=O)O)CCCN1[C@@H](CCc1ccccc1)C(=O)O. The largest absolute Gasteiger partial charge is 0.480 e. The van der Waals surface area contributed by atoms with E-state index >= 15 is 0 Å². The molecule has 0 spiro atoms. The summed E-state index contributed by atoms with van der Waals surface area (Å²) >= 11 is 0. The number of aryl methyl sites for hydroxylation is 1. The Bertz CT molecular complexity index is 747. The van der Waals surface area contributed by atoms with Crippen LogP contribution in [0.3, 0.4) is 0 Å². The third-order valence-corrected chi connectivity index (χ3v) is 5.73. The van der Waals surface area contributed by atoms with Crippen molar-refractivity contribution in [3.8, 4) is 0 Å². The average molecular weight is 423 g/mol. The summed E-state index contributed by atoms with van der Waals surface area (Å²) in [4.78, 5) is 38.6. The number of alkyl halides is 1. The van der Waals surface area contributed by atoms with E-state index in [2.05, 4.69) is 0 Å². The molecule has 0 amide bonds. The van der Waals surface area contributed by atoms with E-state index < -0.39 is 41.5 Å². The van der Waals surface area contributed by atoms with Crippen LogP contribution in [-0.2, 0) is 20.8 Å². The number of Topliss-reactive ketones (excluding diaryl/α,β-unsaturated/α-hetero) is 1. The lowest BCUT2D eigenvalue weighted by molar-refractivity contribution is -0.162. The molecule has 9 heteroatoms. The zero-order valence-electron chi connectivity index (χ0n) is 16.9. The maximum atomic E-state index is 14.0. The molecule has 4 atom stereocenters. The Hall–Kier alpha value is -2.36. The van der Waals surface area contributed by atoms with E-state index in [9.17, 15) is 29.0 Å². The van der Waals surface area contributed by atoms with Gasteiger partial charge in [0.05, 0.1) is 6.04 Å². The summed E-state index contributed by atoms with van der Waals surface area (Å²) in [6.45, 7) is 0.219. The third kappa shape index (κ3) is 5.21. The minimum absolute atomic E-state index is 0.0135. The van der Waals surface area contributed by atoms with Crippen molar-refractivity contribution in [3.63, 3.8) is 0 Å². The van der Waals surface area contributed by atoms with Crippen molar-refractivity contribution in [1.29, 1.82) is 0 Å². The van der Waals surface area contributed by atoms with E-state index in [-0.39, 0.29) is 38.8 Å². The van der Waals surface area contributed by atoms with Crippen molar-refractivity contribution in [1.82, 2.24) is 4.90 Å². The molecule has 1 unspecified atom stereocenters. The lowest BCUT2D eigenvalue weighted by Crippen LogP contribution is -2.65. The molecule has 6 N–H and O–H groups in total. The van der Waals surface area contributed by atoms with Gasteiger partial charge in [0, 0.05) is 13.0 Å². The van der Waals surface area contributed by atoms with E-state index in [0.29, 0.717) is 12.8 Å². The maximum absolute atomic E-state index is 14.0. The highest BCUT2D eigenvalue weighted by atomic mass is 19.1. The first-order valence-corrected chi connectivity index (χ1v) is 10.1. The number of nitrogens with two attached hydrogens (primary N) is 2. The first-order valence-electron chi connectivity index (χ1n) is 10.1. The van der Waals surface area contributed by atoms with Crippen LogP contribution in [-0.4, -0.2) is 69.7 Å². The van der Waals surface area contributed by atoms with Gasteiger partial charge in [-0.15, -0.1) is 0 Å². The summed E-state index contributed by atoms with van der Waals surface area (Å²) in [5.41, 5.74) is 10.1. The monoisotopic (exact) mass is 423 g/mol. The normalized spacial score (nSPS) is 22.4. The lowest BCUT2D eigenvalue weighted by Gasteiger charge is -2.38. The summed E-state index contributed by atoms with van der Waals surface area (Å²) in [7, 11) is 0. The number of ketones is 1. The van der Waals surface area contributed by atoms with Gasteiger partial charge in [-0.25, -0.2) is 9.18 Å². The predicted molar refractivity (Wildman–Crippen MR) is 109 cm³/mol. The van der Waals surface area contributed by atoms with Gasteiger partial charge in [-0.05, 0) is 44.2 Å². The Kier molecular flexibility index (Phi) is 8.45. The molecule has 1 aliphatic rings. The Morgan fingerprint density at radius 3 is 2.40 bits per heavy atom. The Morgan fingerprint density at radius 1 is 1.17 bits per heavy atom. The van der Waals surface area contributed by atoms with Crippen LogP contribution < -0.4 is 11.5 Å². The highest BCUT2D eigenvalue weighted by Gasteiger charge is 2.58. The fourth-order valence-electron chi connectivity index (χ4n) is 4.21. The number of carbonyl (C=O) groups excluding carboxylic acids is 1. The van der Waals surface area contributed by atoms with E-state index in [4.69, 9.17) is 11.5 Å². The van der Waals surface area contributed by atoms with Crippen LogP contribution in [0.15, 0.2) is 30.3 Å². The van der Waals surface area contributed by atoms with E-state index in [1.54, 1.807) is 0 Å². The molecule has 0 aromatic heterocycles. The number of nitrogens with zero attached hydrogens (tertiary/aromatic N) is 1. The van der Waals surface area contributed by atoms with Gasteiger partial charge in [-0.1, -0.05) is 30.3 Å². The Morgan fingerprint density at radius 2 is 1.83 bits per heavy atom. The second-order valence-corrected chi connectivity index (χ2v) is 7.72. The van der Waals surface area contributed by atoms with Gasteiger partial charge < -0.3 is 21.7 Å². The van der Waals surface area contributed by atoms with Crippen molar-refractivity contribution < 1.29 is 29.0 Å². The summed E-state index contributed by atoms with van der Waals surface area (Å²) in [6, 6.07) is 6.69.